The van der Waals surface area contributed by atoms with E-state index in [1.807, 2.05) is 5.38 Å². The van der Waals surface area contributed by atoms with Crippen molar-refractivity contribution in [3.05, 3.63) is 11.1 Å². The predicted molar refractivity (Wildman–Crippen MR) is 51.8 cm³/mol. The zero-order valence-corrected chi connectivity index (χ0v) is 7.93. The number of hydrogen-bond acceptors (Lipinski definition) is 5. The monoisotopic (exact) mass is 197 g/mol. The first-order valence-electron chi connectivity index (χ1n) is 4.21. The standard InChI is InChI=1S/C8H11N3OS/c9-8-11-6(4-13-8)5-3-10-2-1-7(5)12/h4-5,10H,1-3H2,(H2,9,11). The summed E-state index contributed by atoms with van der Waals surface area (Å²) in [5.41, 5.74) is 6.33. The third kappa shape index (κ3) is 1.71. The zero-order valence-electron chi connectivity index (χ0n) is 7.12. The number of hydrogen-bond donors (Lipinski definition) is 2. The largest absolute Gasteiger partial charge is 0.375 e. The molecule has 3 N–H and O–H groups in total. The topological polar surface area (TPSA) is 68.0 Å². The van der Waals surface area contributed by atoms with Crippen LogP contribution in [0.4, 0.5) is 5.13 Å². The molecule has 2 heterocycles. The number of rotatable bonds is 1. The van der Waals surface area contributed by atoms with E-state index in [2.05, 4.69) is 10.3 Å². The van der Waals surface area contributed by atoms with Crippen LogP contribution in [0.2, 0.25) is 0 Å². The molecule has 2 rings (SSSR count). The van der Waals surface area contributed by atoms with Crippen LogP contribution in [0.5, 0.6) is 0 Å². The Labute approximate surface area is 80.2 Å². The molecule has 0 aromatic carbocycles. The molecule has 5 heteroatoms. The van der Waals surface area contributed by atoms with E-state index in [1.165, 1.54) is 11.3 Å². The van der Waals surface area contributed by atoms with E-state index in [0.717, 1.165) is 12.2 Å². The molecular weight excluding hydrogens is 186 g/mol. The number of Topliss-reactive ketones (excluding diaryl/α,β-unsaturated/α-hetero) is 1. The highest BCUT2D eigenvalue weighted by Crippen LogP contribution is 2.22. The minimum absolute atomic E-state index is 0.0812. The molecule has 1 aromatic rings. The summed E-state index contributed by atoms with van der Waals surface area (Å²) in [6.45, 7) is 1.48. The first-order valence-corrected chi connectivity index (χ1v) is 5.09. The van der Waals surface area contributed by atoms with E-state index >= 15 is 0 Å². The van der Waals surface area contributed by atoms with Crippen LogP contribution in [0.25, 0.3) is 0 Å². The van der Waals surface area contributed by atoms with Gasteiger partial charge in [0.25, 0.3) is 0 Å². The van der Waals surface area contributed by atoms with Crippen molar-refractivity contribution in [2.75, 3.05) is 18.8 Å². The van der Waals surface area contributed by atoms with Crippen molar-refractivity contribution in [2.45, 2.75) is 12.3 Å². The van der Waals surface area contributed by atoms with E-state index in [1.54, 1.807) is 0 Å². The quantitative estimate of drug-likeness (QED) is 0.682. The summed E-state index contributed by atoms with van der Waals surface area (Å²) in [5, 5.41) is 5.58. The van der Waals surface area contributed by atoms with E-state index in [9.17, 15) is 4.79 Å². The average Bonchev–Trinajstić information content (AvgIpc) is 2.53. The van der Waals surface area contributed by atoms with Crippen LogP contribution in [-0.4, -0.2) is 23.9 Å². The summed E-state index contributed by atoms with van der Waals surface area (Å²) >= 11 is 1.39. The Morgan fingerprint density at radius 3 is 3.15 bits per heavy atom. The van der Waals surface area contributed by atoms with Crippen molar-refractivity contribution in [1.29, 1.82) is 0 Å². The van der Waals surface area contributed by atoms with Crippen LogP contribution in [0.3, 0.4) is 0 Å². The van der Waals surface area contributed by atoms with Gasteiger partial charge in [0.2, 0.25) is 0 Å². The number of nitrogen functional groups attached to an aromatic ring is 1. The normalized spacial score (nSPS) is 23.4. The van der Waals surface area contributed by atoms with Gasteiger partial charge in [-0.05, 0) is 0 Å². The third-order valence-corrected chi connectivity index (χ3v) is 2.87. The molecule has 1 unspecified atom stereocenters. The Hall–Kier alpha value is -0.940. The summed E-state index contributed by atoms with van der Waals surface area (Å²) < 4.78 is 0. The van der Waals surface area contributed by atoms with Crippen LogP contribution < -0.4 is 11.1 Å². The van der Waals surface area contributed by atoms with Crippen molar-refractivity contribution < 1.29 is 4.79 Å². The Morgan fingerprint density at radius 2 is 2.54 bits per heavy atom. The number of nitrogens with one attached hydrogen (secondary N) is 1. The van der Waals surface area contributed by atoms with Crippen LogP contribution in [-0.2, 0) is 4.79 Å². The molecule has 0 aliphatic carbocycles. The number of thiazole rings is 1. The molecule has 4 nitrogen and oxygen atoms in total. The number of piperidine rings is 1. The number of nitrogens with zero attached hydrogens (tertiary/aromatic N) is 1. The van der Waals surface area contributed by atoms with Gasteiger partial charge in [0.1, 0.15) is 5.78 Å². The average molecular weight is 197 g/mol. The Morgan fingerprint density at radius 1 is 1.69 bits per heavy atom. The highest BCUT2D eigenvalue weighted by Gasteiger charge is 2.25. The molecule has 0 radical (unpaired) electrons. The summed E-state index contributed by atoms with van der Waals surface area (Å²) in [6.07, 6.45) is 0.599. The molecule has 1 saturated heterocycles. The minimum Gasteiger partial charge on any atom is -0.375 e. The first kappa shape index (κ1) is 8.65. The van der Waals surface area contributed by atoms with Gasteiger partial charge in [-0.15, -0.1) is 11.3 Å². The minimum atomic E-state index is -0.0812. The Balaban J connectivity index is 2.19. The fourth-order valence-corrected chi connectivity index (χ4v) is 2.09. The molecule has 1 aliphatic heterocycles. The number of aromatic nitrogens is 1. The lowest BCUT2D eigenvalue weighted by Gasteiger charge is -2.19. The van der Waals surface area contributed by atoms with E-state index in [4.69, 9.17) is 5.73 Å². The van der Waals surface area contributed by atoms with Crippen LogP contribution in [0, 0.1) is 0 Å². The van der Waals surface area contributed by atoms with E-state index in [0.29, 0.717) is 18.1 Å². The van der Waals surface area contributed by atoms with E-state index < -0.39 is 0 Å². The first-order chi connectivity index (χ1) is 6.27. The number of nitrogens with two attached hydrogens (primary N) is 1. The summed E-state index contributed by atoms with van der Waals surface area (Å²) in [7, 11) is 0. The van der Waals surface area contributed by atoms with Gasteiger partial charge in [-0.3, -0.25) is 4.79 Å². The molecule has 0 spiro atoms. The molecule has 0 amide bonds. The highest BCUT2D eigenvalue weighted by atomic mass is 32.1. The molecule has 13 heavy (non-hydrogen) atoms. The SMILES string of the molecule is Nc1nc(C2CNCCC2=O)cs1. The number of anilines is 1. The van der Waals surface area contributed by atoms with Crippen LogP contribution >= 0.6 is 11.3 Å². The van der Waals surface area contributed by atoms with Gasteiger partial charge < -0.3 is 11.1 Å². The molecule has 70 valence electrons. The predicted octanol–water partition coefficient (Wildman–Crippen LogP) is 0.371. The van der Waals surface area contributed by atoms with Gasteiger partial charge >= 0.3 is 0 Å². The second-order valence-electron chi connectivity index (χ2n) is 3.08. The number of carbonyl (C=O) groups excluding carboxylic acids is 1. The number of carbonyl (C=O) groups is 1. The highest BCUT2D eigenvalue weighted by molar-refractivity contribution is 7.13. The molecule has 0 bridgehead atoms. The third-order valence-electron chi connectivity index (χ3n) is 2.18. The second kappa shape index (κ2) is 3.43. The summed E-state index contributed by atoms with van der Waals surface area (Å²) in [4.78, 5) is 15.6. The van der Waals surface area contributed by atoms with Crippen molar-refractivity contribution in [3.8, 4) is 0 Å². The van der Waals surface area contributed by atoms with Gasteiger partial charge in [-0.25, -0.2) is 4.98 Å². The van der Waals surface area contributed by atoms with Crippen molar-refractivity contribution in [1.82, 2.24) is 10.3 Å². The van der Waals surface area contributed by atoms with Gasteiger partial charge in [0, 0.05) is 24.9 Å². The lowest BCUT2D eigenvalue weighted by molar-refractivity contribution is -0.121. The smallest absolute Gasteiger partial charge is 0.180 e. The second-order valence-corrected chi connectivity index (χ2v) is 3.97. The Bertz CT molecular complexity index is 323. The fraction of sp³-hybridized carbons (Fsp3) is 0.500. The maximum absolute atomic E-state index is 11.5. The van der Waals surface area contributed by atoms with Gasteiger partial charge in [-0.1, -0.05) is 0 Å². The van der Waals surface area contributed by atoms with Crippen molar-refractivity contribution in [2.24, 2.45) is 0 Å². The summed E-state index contributed by atoms with van der Waals surface area (Å²) in [6, 6.07) is 0. The Kier molecular flexibility index (Phi) is 2.28. The van der Waals surface area contributed by atoms with Crippen LogP contribution in [0.1, 0.15) is 18.0 Å². The molecule has 1 atom stereocenters. The number of ketones is 1. The molecule has 1 aliphatic rings. The lowest BCUT2D eigenvalue weighted by Crippen LogP contribution is -2.35. The summed E-state index contributed by atoms with van der Waals surface area (Å²) in [5.74, 6) is 0.186. The van der Waals surface area contributed by atoms with Gasteiger partial charge in [0.05, 0.1) is 11.6 Å². The molecular formula is C8H11N3OS. The lowest BCUT2D eigenvalue weighted by atomic mass is 9.95. The van der Waals surface area contributed by atoms with Crippen LogP contribution in [0.15, 0.2) is 5.38 Å². The maximum Gasteiger partial charge on any atom is 0.180 e. The van der Waals surface area contributed by atoms with E-state index in [-0.39, 0.29) is 11.7 Å². The van der Waals surface area contributed by atoms with Crippen molar-refractivity contribution in [3.63, 3.8) is 0 Å². The zero-order chi connectivity index (χ0) is 9.26. The van der Waals surface area contributed by atoms with Gasteiger partial charge in [0.15, 0.2) is 5.13 Å². The maximum atomic E-state index is 11.5. The molecule has 0 saturated carbocycles. The molecule has 1 aromatic heterocycles. The fourth-order valence-electron chi connectivity index (χ4n) is 1.48. The van der Waals surface area contributed by atoms with Gasteiger partial charge in [-0.2, -0.15) is 0 Å². The molecule has 1 fully saturated rings. The van der Waals surface area contributed by atoms with Crippen molar-refractivity contribution >= 4 is 22.3 Å².